The Labute approximate surface area is 206 Å². The van der Waals surface area contributed by atoms with E-state index in [1.54, 1.807) is 18.5 Å². The summed E-state index contributed by atoms with van der Waals surface area (Å²) in [5.74, 6) is -3.00. The summed E-state index contributed by atoms with van der Waals surface area (Å²) >= 11 is -1.34. The zero-order valence-corrected chi connectivity index (χ0v) is 21.0. The minimum Gasteiger partial charge on any atom is -0.598 e. The maximum atomic E-state index is 13.7. The Morgan fingerprint density at radius 2 is 2.03 bits per heavy atom. The first-order valence-electron chi connectivity index (χ1n) is 11.9. The van der Waals surface area contributed by atoms with Crippen molar-refractivity contribution in [3.05, 3.63) is 29.7 Å². The first-order valence-corrected chi connectivity index (χ1v) is 13.1. The fourth-order valence-electron chi connectivity index (χ4n) is 4.18. The number of alkyl halides is 2. The number of hydrogen-bond donors (Lipinski definition) is 3. The monoisotopic (exact) mass is 513 g/mol. The molecule has 2 fully saturated rings. The van der Waals surface area contributed by atoms with E-state index in [2.05, 4.69) is 20.1 Å². The van der Waals surface area contributed by atoms with Gasteiger partial charge in [-0.05, 0) is 64.0 Å². The number of rotatable bonds is 9. The normalized spacial score (nSPS) is 21.5. The van der Waals surface area contributed by atoms with Crippen LogP contribution in [0.2, 0.25) is 0 Å². The van der Waals surface area contributed by atoms with E-state index in [-0.39, 0.29) is 43.7 Å². The van der Waals surface area contributed by atoms with E-state index in [0.717, 1.165) is 18.4 Å². The van der Waals surface area contributed by atoms with Crippen LogP contribution in [0.3, 0.4) is 0 Å². The summed E-state index contributed by atoms with van der Waals surface area (Å²) < 4.78 is 50.2. The van der Waals surface area contributed by atoms with E-state index in [4.69, 9.17) is 4.74 Å². The van der Waals surface area contributed by atoms with E-state index in [9.17, 15) is 23.2 Å². The van der Waals surface area contributed by atoms with Crippen molar-refractivity contribution in [1.82, 2.24) is 24.6 Å². The van der Waals surface area contributed by atoms with Crippen molar-refractivity contribution >= 4 is 23.1 Å². The fourth-order valence-corrected chi connectivity index (χ4v) is 5.00. The summed E-state index contributed by atoms with van der Waals surface area (Å²) in [6.45, 7) is 5.98. The third-order valence-electron chi connectivity index (χ3n) is 6.42. The molecule has 2 heterocycles. The topological polar surface area (TPSA) is 124 Å². The van der Waals surface area contributed by atoms with Gasteiger partial charge in [-0.1, -0.05) is 0 Å². The van der Waals surface area contributed by atoms with Gasteiger partial charge in [-0.15, -0.1) is 4.72 Å². The summed E-state index contributed by atoms with van der Waals surface area (Å²) in [6.07, 6.45) is 4.15. The summed E-state index contributed by atoms with van der Waals surface area (Å²) in [7, 11) is 0. The first kappa shape index (κ1) is 26.1. The van der Waals surface area contributed by atoms with Crippen LogP contribution in [0.25, 0.3) is 5.65 Å². The van der Waals surface area contributed by atoms with Gasteiger partial charge in [-0.2, -0.15) is 5.10 Å². The molecule has 194 valence electrons. The number of carbonyl (C=O) groups is 1. The van der Waals surface area contributed by atoms with Crippen LogP contribution in [0.15, 0.2) is 18.5 Å². The van der Waals surface area contributed by atoms with E-state index in [1.807, 2.05) is 20.8 Å². The van der Waals surface area contributed by atoms with Crippen molar-refractivity contribution in [3.8, 4) is 0 Å². The Morgan fingerprint density at radius 3 is 2.63 bits per heavy atom. The van der Waals surface area contributed by atoms with Gasteiger partial charge >= 0.3 is 6.09 Å². The predicted molar refractivity (Wildman–Crippen MR) is 127 cm³/mol. The molecular weight excluding hydrogens is 480 g/mol. The van der Waals surface area contributed by atoms with Crippen LogP contribution in [0, 0.1) is 5.92 Å². The molecule has 2 aromatic rings. The highest BCUT2D eigenvalue weighted by Gasteiger charge is 2.39. The Bertz CT molecular complexity index is 1030. The van der Waals surface area contributed by atoms with Gasteiger partial charge in [0.2, 0.25) is 5.92 Å². The van der Waals surface area contributed by atoms with Crippen molar-refractivity contribution in [2.24, 2.45) is 5.92 Å². The number of fused-ring (bicyclic) bond motifs is 1. The third-order valence-corrected chi connectivity index (χ3v) is 8.03. The number of ether oxygens (including phenoxy) is 1. The van der Waals surface area contributed by atoms with Gasteiger partial charge in [0.05, 0.1) is 36.8 Å². The fraction of sp³-hybridized carbons (Fsp3) is 0.696. The van der Waals surface area contributed by atoms with Crippen molar-refractivity contribution in [2.45, 2.75) is 88.2 Å². The molecule has 0 spiro atoms. The van der Waals surface area contributed by atoms with Crippen molar-refractivity contribution in [2.75, 3.05) is 6.61 Å². The molecular formula is C23H33F2N5O4S. The average Bonchev–Trinajstić information content (AvgIpc) is 3.50. The van der Waals surface area contributed by atoms with Gasteiger partial charge in [0.15, 0.2) is 5.65 Å². The molecule has 0 radical (unpaired) electrons. The number of halogens is 2. The molecule has 2 unspecified atom stereocenters. The number of nitrogens with one attached hydrogen (secondary N) is 2. The lowest BCUT2D eigenvalue weighted by Crippen LogP contribution is -2.42. The Kier molecular flexibility index (Phi) is 7.56. The second-order valence-electron chi connectivity index (χ2n) is 10.5. The van der Waals surface area contributed by atoms with Crippen LogP contribution in [-0.4, -0.2) is 53.7 Å². The molecule has 0 bridgehead atoms. The van der Waals surface area contributed by atoms with Crippen molar-refractivity contribution < 1.29 is 28.0 Å². The van der Waals surface area contributed by atoms with Gasteiger partial charge in [-0.25, -0.2) is 23.1 Å². The molecule has 2 aromatic heterocycles. The lowest BCUT2D eigenvalue weighted by Gasteiger charge is -2.32. The molecule has 3 N–H and O–H groups in total. The molecule has 3 atom stereocenters. The van der Waals surface area contributed by atoms with Crippen LogP contribution in [0.1, 0.15) is 82.6 Å². The molecule has 9 nitrogen and oxygen atoms in total. The number of imidazole rings is 1. The van der Waals surface area contributed by atoms with Crippen LogP contribution in [0.5, 0.6) is 0 Å². The zero-order valence-electron chi connectivity index (χ0n) is 20.2. The zero-order chi connectivity index (χ0) is 25.4. The van der Waals surface area contributed by atoms with E-state index < -0.39 is 34.2 Å². The van der Waals surface area contributed by atoms with Crippen LogP contribution in [0.4, 0.5) is 13.6 Å². The second-order valence-corrected chi connectivity index (χ2v) is 12.5. The van der Waals surface area contributed by atoms with Gasteiger partial charge in [0.1, 0.15) is 10.8 Å². The van der Waals surface area contributed by atoms with Crippen LogP contribution < -0.4 is 10.0 Å². The minimum absolute atomic E-state index is 0.202. The third kappa shape index (κ3) is 6.81. The van der Waals surface area contributed by atoms with Gasteiger partial charge < -0.3 is 19.7 Å². The standard InChI is InChI=1S/C23H33F2N5O4S/c1-22(2,3)35(33)29-18(13-34-16-4-5-16)15-10-19-27-17(12-30(19)26-11-15)20(28-21(31)32)14-6-8-23(24,25)9-7-14/h10-12,14,16,18,20,28-29H,4-9,13H2,1-3H3,(H,31,32)/t18?,20?,35-/m1/s1. The summed E-state index contributed by atoms with van der Waals surface area (Å²) in [5, 5.41) is 16.3. The quantitative estimate of drug-likeness (QED) is 0.431. The molecule has 12 heteroatoms. The highest BCUT2D eigenvalue weighted by Crippen LogP contribution is 2.41. The maximum absolute atomic E-state index is 13.7. The molecule has 1 amide bonds. The van der Waals surface area contributed by atoms with Gasteiger partial charge in [0.25, 0.3) is 0 Å². The van der Waals surface area contributed by atoms with Crippen molar-refractivity contribution in [3.63, 3.8) is 0 Å². The number of nitrogens with zero attached hydrogens (tertiary/aromatic N) is 3. The van der Waals surface area contributed by atoms with Gasteiger partial charge in [0, 0.05) is 24.2 Å². The molecule has 4 rings (SSSR count). The summed E-state index contributed by atoms with van der Waals surface area (Å²) in [6, 6.07) is 0.716. The second kappa shape index (κ2) is 10.2. The maximum Gasteiger partial charge on any atom is 0.405 e. The van der Waals surface area contributed by atoms with Crippen LogP contribution >= 0.6 is 0 Å². The highest BCUT2D eigenvalue weighted by molar-refractivity contribution is 7.90. The summed E-state index contributed by atoms with van der Waals surface area (Å²) in [5.41, 5.74) is 1.66. The number of hydrogen-bond acceptors (Lipinski definition) is 6. The largest absolute Gasteiger partial charge is 0.598 e. The minimum atomic E-state index is -2.71. The molecule has 2 saturated carbocycles. The Hall–Kier alpha value is -2.02. The highest BCUT2D eigenvalue weighted by atomic mass is 32.2. The van der Waals surface area contributed by atoms with E-state index >= 15 is 0 Å². The Balaban J connectivity index is 1.58. The number of amides is 1. The number of carboxylic acid groups (broad SMARTS) is 1. The molecule has 2 aliphatic carbocycles. The molecule has 35 heavy (non-hydrogen) atoms. The van der Waals surface area contributed by atoms with E-state index in [0.29, 0.717) is 17.9 Å². The predicted octanol–water partition coefficient (Wildman–Crippen LogP) is 4.14. The lowest BCUT2D eigenvalue weighted by molar-refractivity contribution is -0.0495. The average molecular weight is 514 g/mol. The van der Waals surface area contributed by atoms with Gasteiger partial charge in [-0.3, -0.25) is 0 Å². The molecule has 2 aliphatic rings. The lowest BCUT2D eigenvalue weighted by atomic mass is 9.81. The SMILES string of the molecule is CC(C)(C)[S@@+]([O-])NC(COC1CC1)c1cnn2cc(C(NC(=O)O)C3CCC(F)(F)CC3)nc2c1. The Morgan fingerprint density at radius 1 is 1.34 bits per heavy atom. The van der Waals surface area contributed by atoms with E-state index in [1.165, 1.54) is 4.52 Å². The number of aromatic nitrogens is 3. The molecule has 0 saturated heterocycles. The first-order chi connectivity index (χ1) is 16.4. The molecule has 0 aromatic carbocycles. The molecule has 0 aliphatic heterocycles. The summed E-state index contributed by atoms with van der Waals surface area (Å²) in [4.78, 5) is 16.1. The smallest absolute Gasteiger partial charge is 0.405 e. The van der Waals surface area contributed by atoms with Crippen LogP contribution in [-0.2, 0) is 16.1 Å². The van der Waals surface area contributed by atoms with Crippen molar-refractivity contribution in [1.29, 1.82) is 0 Å².